The lowest BCUT2D eigenvalue weighted by molar-refractivity contribution is -0.521. The number of rotatable bonds is 5. The number of ether oxygens (including phenoxy) is 1. The van der Waals surface area contributed by atoms with Crippen LogP contribution in [0.4, 0.5) is 13.2 Å². The largest absolute Gasteiger partial charge is 0.497 e. The first-order valence-corrected chi connectivity index (χ1v) is 7.70. The Hall–Kier alpha value is -2.90. The molecule has 0 saturated heterocycles. The molecule has 8 heteroatoms. The zero-order valence-electron chi connectivity index (χ0n) is 13.6. The van der Waals surface area contributed by atoms with Crippen molar-refractivity contribution in [3.05, 3.63) is 75.3 Å². The van der Waals surface area contributed by atoms with Crippen LogP contribution < -0.4 is 4.74 Å². The SMILES string of the molecule is COc1ccc(C(=O)[C@]2([N+](=O)[O-])C[C@H]2c2cccc(C(F)(F)F)c2)cc1. The molecule has 0 radical (unpaired) electrons. The minimum atomic E-state index is -4.55. The summed E-state index contributed by atoms with van der Waals surface area (Å²) in [5, 5.41) is 11.6. The fraction of sp³-hybridized carbons (Fsp3) is 0.278. The molecule has 0 aromatic heterocycles. The Labute approximate surface area is 146 Å². The molecular weight excluding hydrogens is 351 g/mol. The highest BCUT2D eigenvalue weighted by molar-refractivity contribution is 6.05. The third-order valence-corrected chi connectivity index (χ3v) is 4.62. The Kier molecular flexibility index (Phi) is 4.21. The molecule has 5 nitrogen and oxygen atoms in total. The third kappa shape index (κ3) is 2.91. The molecule has 1 aliphatic carbocycles. The first kappa shape index (κ1) is 17.9. The highest BCUT2D eigenvalue weighted by Crippen LogP contribution is 2.55. The lowest BCUT2D eigenvalue weighted by atomic mass is 9.97. The van der Waals surface area contributed by atoms with Gasteiger partial charge in [0.25, 0.3) is 5.54 Å². The van der Waals surface area contributed by atoms with Crippen LogP contribution >= 0.6 is 0 Å². The average molecular weight is 365 g/mol. The molecule has 2 aromatic rings. The van der Waals surface area contributed by atoms with Gasteiger partial charge in [-0.2, -0.15) is 13.2 Å². The highest BCUT2D eigenvalue weighted by Gasteiger charge is 2.72. The first-order chi connectivity index (χ1) is 12.2. The van der Waals surface area contributed by atoms with Gasteiger partial charge in [-0.3, -0.25) is 14.9 Å². The molecule has 2 aromatic carbocycles. The standard InChI is InChI=1S/C18H14F3NO4/c1-26-14-7-5-11(6-8-14)16(23)17(22(24)25)10-15(17)12-3-2-4-13(9-12)18(19,20)21/h2-9,15H,10H2,1H3/t15-,17-/m0/s1. The van der Waals surface area contributed by atoms with E-state index in [0.717, 1.165) is 12.1 Å². The molecule has 0 amide bonds. The van der Waals surface area contributed by atoms with Crippen LogP contribution in [0.25, 0.3) is 0 Å². The van der Waals surface area contributed by atoms with Crippen LogP contribution in [-0.2, 0) is 6.18 Å². The number of ketones is 1. The van der Waals surface area contributed by atoms with Crippen molar-refractivity contribution < 1.29 is 27.6 Å². The van der Waals surface area contributed by atoms with Crippen LogP contribution in [0.2, 0.25) is 0 Å². The van der Waals surface area contributed by atoms with Crippen LogP contribution in [0.5, 0.6) is 5.75 Å². The lowest BCUT2D eigenvalue weighted by Gasteiger charge is -2.11. The zero-order chi connectivity index (χ0) is 19.1. The van der Waals surface area contributed by atoms with E-state index in [1.165, 1.54) is 43.5 Å². The summed E-state index contributed by atoms with van der Waals surface area (Å²) in [6.45, 7) is 0. The molecule has 1 saturated carbocycles. The molecule has 1 aliphatic rings. The summed E-state index contributed by atoms with van der Waals surface area (Å²) in [6, 6.07) is 10.2. The molecule has 0 bridgehead atoms. The number of nitro groups is 1. The molecule has 26 heavy (non-hydrogen) atoms. The Morgan fingerprint density at radius 3 is 2.42 bits per heavy atom. The number of methoxy groups -OCH3 is 1. The maximum Gasteiger partial charge on any atom is 0.416 e. The number of halogens is 3. The molecule has 1 fully saturated rings. The number of benzene rings is 2. The van der Waals surface area contributed by atoms with E-state index in [1.807, 2.05) is 0 Å². The van der Waals surface area contributed by atoms with E-state index in [9.17, 15) is 28.1 Å². The smallest absolute Gasteiger partial charge is 0.416 e. The van der Waals surface area contributed by atoms with Crippen molar-refractivity contribution in [1.82, 2.24) is 0 Å². The molecular formula is C18H14F3NO4. The Morgan fingerprint density at radius 2 is 1.88 bits per heavy atom. The Balaban J connectivity index is 1.94. The van der Waals surface area contributed by atoms with E-state index in [4.69, 9.17) is 4.74 Å². The monoisotopic (exact) mass is 365 g/mol. The number of alkyl halides is 3. The van der Waals surface area contributed by atoms with Gasteiger partial charge in [0, 0.05) is 16.9 Å². The van der Waals surface area contributed by atoms with E-state index >= 15 is 0 Å². The van der Waals surface area contributed by atoms with E-state index in [1.54, 1.807) is 0 Å². The van der Waals surface area contributed by atoms with Gasteiger partial charge in [0.2, 0.25) is 5.78 Å². The predicted molar refractivity (Wildman–Crippen MR) is 85.9 cm³/mol. The normalized spacial score (nSPS) is 21.9. The van der Waals surface area contributed by atoms with Crippen molar-refractivity contribution in [3.8, 4) is 5.75 Å². The maximum absolute atomic E-state index is 12.9. The minimum absolute atomic E-state index is 0.122. The number of hydrogen-bond donors (Lipinski definition) is 0. The summed E-state index contributed by atoms with van der Waals surface area (Å²) >= 11 is 0. The van der Waals surface area contributed by atoms with Gasteiger partial charge in [-0.25, -0.2) is 0 Å². The van der Waals surface area contributed by atoms with Crippen LogP contribution in [0.3, 0.4) is 0 Å². The summed E-state index contributed by atoms with van der Waals surface area (Å²) < 4.78 is 43.6. The van der Waals surface area contributed by atoms with Gasteiger partial charge in [-0.05, 0) is 35.9 Å². The summed E-state index contributed by atoms with van der Waals surface area (Å²) in [5.41, 5.74) is -2.56. The molecule has 0 spiro atoms. The minimum Gasteiger partial charge on any atom is -0.497 e. The van der Waals surface area contributed by atoms with Crippen molar-refractivity contribution in [3.63, 3.8) is 0 Å². The maximum atomic E-state index is 12.9. The summed E-state index contributed by atoms with van der Waals surface area (Å²) in [4.78, 5) is 23.7. The molecule has 0 aliphatic heterocycles. The lowest BCUT2D eigenvalue weighted by Crippen LogP contribution is -2.34. The van der Waals surface area contributed by atoms with Crippen molar-refractivity contribution in [2.75, 3.05) is 7.11 Å². The number of nitrogens with zero attached hydrogens (tertiary/aromatic N) is 1. The van der Waals surface area contributed by atoms with Gasteiger partial charge in [-0.15, -0.1) is 0 Å². The predicted octanol–water partition coefficient (Wildman–Crippen LogP) is 4.10. The van der Waals surface area contributed by atoms with E-state index in [0.29, 0.717) is 5.75 Å². The summed E-state index contributed by atoms with van der Waals surface area (Å²) in [7, 11) is 1.44. The number of Topliss-reactive ketones (excluding diaryl/α,β-unsaturated/α-hetero) is 1. The topological polar surface area (TPSA) is 69.4 Å². The second kappa shape index (κ2) is 6.12. The molecule has 0 N–H and O–H groups in total. The van der Waals surface area contributed by atoms with Crippen LogP contribution in [-0.4, -0.2) is 23.4 Å². The quantitative estimate of drug-likeness (QED) is 0.454. The van der Waals surface area contributed by atoms with E-state index < -0.39 is 33.9 Å². The molecule has 2 atom stereocenters. The van der Waals surface area contributed by atoms with Gasteiger partial charge in [-0.1, -0.05) is 18.2 Å². The van der Waals surface area contributed by atoms with Crippen molar-refractivity contribution in [2.24, 2.45) is 0 Å². The van der Waals surface area contributed by atoms with Crippen molar-refractivity contribution in [2.45, 2.75) is 24.1 Å². The Morgan fingerprint density at radius 1 is 1.23 bits per heavy atom. The first-order valence-electron chi connectivity index (χ1n) is 7.70. The van der Waals surface area contributed by atoms with Crippen molar-refractivity contribution in [1.29, 1.82) is 0 Å². The zero-order valence-corrected chi connectivity index (χ0v) is 13.6. The number of carbonyl (C=O) groups excluding carboxylic acids is 1. The summed E-state index contributed by atoms with van der Waals surface area (Å²) in [5.74, 6) is -1.12. The van der Waals surface area contributed by atoms with E-state index in [-0.39, 0.29) is 17.5 Å². The van der Waals surface area contributed by atoms with Crippen LogP contribution in [0, 0.1) is 10.1 Å². The second-order valence-corrected chi connectivity index (χ2v) is 6.12. The van der Waals surface area contributed by atoms with Crippen molar-refractivity contribution >= 4 is 5.78 Å². The third-order valence-electron chi connectivity index (χ3n) is 4.62. The number of carbonyl (C=O) groups is 1. The highest BCUT2D eigenvalue weighted by atomic mass is 19.4. The van der Waals surface area contributed by atoms with Gasteiger partial charge >= 0.3 is 6.18 Å². The van der Waals surface area contributed by atoms with Crippen LogP contribution in [0.1, 0.15) is 33.8 Å². The van der Waals surface area contributed by atoms with E-state index in [2.05, 4.69) is 0 Å². The van der Waals surface area contributed by atoms with Gasteiger partial charge in [0.15, 0.2) is 0 Å². The van der Waals surface area contributed by atoms with Gasteiger partial charge in [0.1, 0.15) is 5.75 Å². The molecule has 0 heterocycles. The van der Waals surface area contributed by atoms with Crippen LogP contribution in [0.15, 0.2) is 48.5 Å². The van der Waals surface area contributed by atoms with Gasteiger partial charge in [0.05, 0.1) is 18.6 Å². The van der Waals surface area contributed by atoms with Gasteiger partial charge < -0.3 is 4.74 Å². The fourth-order valence-corrected chi connectivity index (χ4v) is 3.11. The molecule has 136 valence electrons. The summed E-state index contributed by atoms with van der Waals surface area (Å²) in [6.07, 6.45) is -4.69. The fourth-order valence-electron chi connectivity index (χ4n) is 3.11. The molecule has 0 unspecified atom stereocenters. The molecule has 3 rings (SSSR count). The second-order valence-electron chi connectivity index (χ2n) is 6.12. The average Bonchev–Trinajstić information content (AvgIpc) is 3.38. The Bertz CT molecular complexity index is 863. The number of hydrogen-bond acceptors (Lipinski definition) is 4.